The molecule has 0 saturated heterocycles. The fourth-order valence-corrected chi connectivity index (χ4v) is 6.04. The van der Waals surface area contributed by atoms with E-state index in [1.54, 1.807) is 49.2 Å². The average molecular weight is 508 g/mol. The molecule has 1 amide bonds. The summed E-state index contributed by atoms with van der Waals surface area (Å²) in [6.45, 7) is 0.918. The molecule has 2 aromatic rings. The van der Waals surface area contributed by atoms with E-state index in [0.717, 1.165) is 0 Å². The van der Waals surface area contributed by atoms with Crippen molar-refractivity contribution in [1.29, 1.82) is 0 Å². The highest BCUT2D eigenvalue weighted by molar-refractivity contribution is 7.89. The van der Waals surface area contributed by atoms with Crippen LogP contribution in [0.3, 0.4) is 0 Å². The zero-order valence-electron chi connectivity index (χ0n) is 20.0. The van der Waals surface area contributed by atoms with E-state index < -0.39 is 22.0 Å². The number of hydrogen-bond donors (Lipinski definition) is 2. The van der Waals surface area contributed by atoms with E-state index >= 15 is 0 Å². The van der Waals surface area contributed by atoms with E-state index in [1.807, 2.05) is 0 Å². The topological polar surface area (TPSA) is 127 Å². The Kier molecular flexibility index (Phi) is 9.99. The molecule has 3 rings (SSSR count). The molecule has 10 nitrogen and oxygen atoms in total. The number of methoxy groups -OCH3 is 2. The summed E-state index contributed by atoms with van der Waals surface area (Å²) in [5.41, 5.74) is 2.37. The molecule has 192 valence electrons. The van der Waals surface area contributed by atoms with Gasteiger partial charge in [-0.1, -0.05) is 0 Å². The van der Waals surface area contributed by atoms with Crippen LogP contribution in [0.1, 0.15) is 31.2 Å². The van der Waals surface area contributed by atoms with Crippen molar-refractivity contribution in [2.45, 2.75) is 49.3 Å². The van der Waals surface area contributed by atoms with Crippen LogP contribution in [0.5, 0.6) is 5.75 Å². The van der Waals surface area contributed by atoms with Gasteiger partial charge < -0.3 is 14.2 Å². The number of benzene rings is 1. The highest BCUT2D eigenvalue weighted by Gasteiger charge is 2.42. The molecule has 1 aliphatic rings. The third-order valence-electron chi connectivity index (χ3n) is 6.25. The third-order valence-corrected chi connectivity index (χ3v) is 8.09. The van der Waals surface area contributed by atoms with Gasteiger partial charge in [-0.2, -0.15) is 4.31 Å². The Labute approximate surface area is 206 Å². The number of pyridine rings is 1. The SMILES string of the molecule is COCCOC1CCC([C@H](C(=O)NO)N(Cc2ccncc2)S(=O)(=O)c2ccc(OC)cc2)CC1. The molecule has 1 aliphatic carbocycles. The summed E-state index contributed by atoms with van der Waals surface area (Å²) in [4.78, 5) is 17.0. The van der Waals surface area contributed by atoms with Crippen molar-refractivity contribution in [3.63, 3.8) is 0 Å². The van der Waals surface area contributed by atoms with Crippen LogP contribution in [0.2, 0.25) is 0 Å². The Morgan fingerprint density at radius 3 is 2.31 bits per heavy atom. The monoisotopic (exact) mass is 507 g/mol. The predicted octanol–water partition coefficient (Wildman–Crippen LogP) is 2.38. The molecule has 0 unspecified atom stereocenters. The van der Waals surface area contributed by atoms with E-state index in [-0.39, 0.29) is 23.5 Å². The van der Waals surface area contributed by atoms with Crippen LogP contribution >= 0.6 is 0 Å². The molecule has 1 aromatic carbocycles. The number of rotatable bonds is 12. The van der Waals surface area contributed by atoms with Crippen LogP contribution in [-0.2, 0) is 30.8 Å². The number of amides is 1. The second kappa shape index (κ2) is 12.9. The van der Waals surface area contributed by atoms with Crippen molar-refractivity contribution in [2.24, 2.45) is 5.92 Å². The number of nitrogens with zero attached hydrogens (tertiary/aromatic N) is 2. The van der Waals surface area contributed by atoms with Crippen molar-refractivity contribution >= 4 is 15.9 Å². The normalized spacial score (nSPS) is 19.3. The Balaban J connectivity index is 1.92. The average Bonchev–Trinajstić information content (AvgIpc) is 2.89. The molecule has 1 aromatic heterocycles. The van der Waals surface area contributed by atoms with Crippen LogP contribution < -0.4 is 10.2 Å². The van der Waals surface area contributed by atoms with Gasteiger partial charge in [0.05, 0.1) is 31.3 Å². The van der Waals surface area contributed by atoms with Crippen LogP contribution in [-0.4, -0.2) is 68.4 Å². The zero-order chi connectivity index (χ0) is 25.3. The second-order valence-electron chi connectivity index (χ2n) is 8.40. The largest absolute Gasteiger partial charge is 0.497 e. The van der Waals surface area contributed by atoms with E-state index in [2.05, 4.69) is 4.98 Å². The molecule has 0 spiro atoms. The highest BCUT2D eigenvalue weighted by atomic mass is 32.2. The van der Waals surface area contributed by atoms with Gasteiger partial charge in [-0.15, -0.1) is 0 Å². The zero-order valence-corrected chi connectivity index (χ0v) is 20.8. The number of ether oxygens (including phenoxy) is 3. The standard InChI is InChI=1S/C24H33N3O7S/c1-32-15-16-34-21-5-3-19(4-6-21)23(24(28)26-29)27(17-18-11-13-25-14-12-18)35(30,31)22-9-7-20(33-2)8-10-22/h7-14,19,21,23,29H,3-6,15-17H2,1-2H3,(H,26,28)/t19?,21?,23-/m1/s1. The highest BCUT2D eigenvalue weighted by Crippen LogP contribution is 2.34. The quantitative estimate of drug-likeness (QED) is 0.255. The number of sulfonamides is 1. The molecular formula is C24H33N3O7S. The molecule has 2 N–H and O–H groups in total. The van der Waals surface area contributed by atoms with Crippen LogP contribution in [0.4, 0.5) is 0 Å². The molecule has 1 heterocycles. The first-order valence-electron chi connectivity index (χ1n) is 11.5. The third kappa shape index (κ3) is 6.98. The summed E-state index contributed by atoms with van der Waals surface area (Å²) in [5, 5.41) is 9.56. The number of carbonyl (C=O) groups excluding carboxylic acids is 1. The lowest BCUT2D eigenvalue weighted by molar-refractivity contribution is -0.136. The summed E-state index contributed by atoms with van der Waals surface area (Å²) < 4.78 is 44.9. The lowest BCUT2D eigenvalue weighted by Gasteiger charge is -2.38. The van der Waals surface area contributed by atoms with Gasteiger partial charge in [-0.25, -0.2) is 13.9 Å². The number of hydroxylamine groups is 1. The van der Waals surface area contributed by atoms with Crippen molar-refractivity contribution in [3.05, 3.63) is 54.4 Å². The van der Waals surface area contributed by atoms with Gasteiger partial charge in [0.25, 0.3) is 5.91 Å². The Morgan fingerprint density at radius 2 is 1.74 bits per heavy atom. The van der Waals surface area contributed by atoms with Gasteiger partial charge in [0.15, 0.2) is 0 Å². The summed E-state index contributed by atoms with van der Waals surface area (Å²) in [7, 11) is -1.02. The molecule has 1 atom stereocenters. The van der Waals surface area contributed by atoms with Crippen LogP contribution in [0, 0.1) is 5.92 Å². The number of hydrogen-bond acceptors (Lipinski definition) is 8. The molecule has 35 heavy (non-hydrogen) atoms. The van der Waals surface area contributed by atoms with Crippen molar-refractivity contribution in [1.82, 2.24) is 14.8 Å². The maximum Gasteiger partial charge on any atom is 0.262 e. The fraction of sp³-hybridized carbons (Fsp3) is 0.500. The Bertz CT molecular complexity index is 1030. The maximum atomic E-state index is 13.8. The lowest BCUT2D eigenvalue weighted by atomic mass is 9.82. The lowest BCUT2D eigenvalue weighted by Crippen LogP contribution is -2.53. The van der Waals surface area contributed by atoms with Crippen molar-refractivity contribution in [2.75, 3.05) is 27.4 Å². The van der Waals surface area contributed by atoms with Gasteiger partial charge >= 0.3 is 0 Å². The van der Waals surface area contributed by atoms with Gasteiger partial charge in [0.2, 0.25) is 10.0 Å². The van der Waals surface area contributed by atoms with Gasteiger partial charge in [-0.05, 0) is 73.6 Å². The minimum atomic E-state index is -4.12. The van der Waals surface area contributed by atoms with Crippen molar-refractivity contribution in [3.8, 4) is 5.75 Å². The van der Waals surface area contributed by atoms with Gasteiger partial charge in [-0.3, -0.25) is 15.0 Å². The van der Waals surface area contributed by atoms with E-state index in [0.29, 0.717) is 50.2 Å². The van der Waals surface area contributed by atoms with Crippen LogP contribution in [0.25, 0.3) is 0 Å². The minimum Gasteiger partial charge on any atom is -0.497 e. The summed E-state index contributed by atoms with van der Waals surface area (Å²) in [6, 6.07) is 8.29. The smallest absolute Gasteiger partial charge is 0.262 e. The Hall–Kier alpha value is -2.57. The van der Waals surface area contributed by atoms with E-state index in [4.69, 9.17) is 14.2 Å². The predicted molar refractivity (Wildman–Crippen MR) is 127 cm³/mol. The minimum absolute atomic E-state index is 0.0195. The summed E-state index contributed by atoms with van der Waals surface area (Å²) in [5.74, 6) is -0.555. The first kappa shape index (κ1) is 27.0. The first-order valence-corrected chi connectivity index (χ1v) is 12.9. The molecule has 1 saturated carbocycles. The van der Waals surface area contributed by atoms with E-state index in [1.165, 1.54) is 23.5 Å². The molecule has 11 heteroatoms. The fourth-order valence-electron chi connectivity index (χ4n) is 4.40. The summed E-state index contributed by atoms with van der Waals surface area (Å²) in [6.07, 6.45) is 5.64. The number of nitrogens with one attached hydrogen (secondary N) is 1. The van der Waals surface area contributed by atoms with Crippen LogP contribution in [0.15, 0.2) is 53.7 Å². The van der Waals surface area contributed by atoms with E-state index in [9.17, 15) is 18.4 Å². The maximum absolute atomic E-state index is 13.8. The van der Waals surface area contributed by atoms with Crippen molar-refractivity contribution < 1.29 is 32.6 Å². The molecule has 0 radical (unpaired) electrons. The first-order chi connectivity index (χ1) is 16.9. The number of carbonyl (C=O) groups is 1. The molecule has 1 fully saturated rings. The molecule has 0 bridgehead atoms. The number of aromatic nitrogens is 1. The van der Waals surface area contributed by atoms with Gasteiger partial charge in [0, 0.05) is 26.0 Å². The summed E-state index contributed by atoms with van der Waals surface area (Å²) >= 11 is 0. The molecule has 0 aliphatic heterocycles. The Morgan fingerprint density at radius 1 is 1.09 bits per heavy atom. The van der Waals surface area contributed by atoms with Gasteiger partial charge in [0.1, 0.15) is 11.8 Å². The molecular weight excluding hydrogens is 474 g/mol. The second-order valence-corrected chi connectivity index (χ2v) is 10.3.